The minimum absolute atomic E-state index is 0.0849. The van der Waals surface area contributed by atoms with Crippen LogP contribution < -0.4 is 0 Å². The Labute approximate surface area is 161 Å². The van der Waals surface area contributed by atoms with E-state index in [0.29, 0.717) is 26.1 Å². The van der Waals surface area contributed by atoms with E-state index in [4.69, 9.17) is 9.47 Å². The molecule has 0 rings (SSSR count). The summed E-state index contributed by atoms with van der Waals surface area (Å²) in [6, 6.07) is 0. The molecule has 0 fully saturated rings. The van der Waals surface area contributed by atoms with Crippen molar-refractivity contribution in [1.29, 1.82) is 0 Å². The third-order valence-corrected chi connectivity index (χ3v) is 4.30. The van der Waals surface area contributed by atoms with Gasteiger partial charge in [-0.2, -0.15) is 0 Å². The van der Waals surface area contributed by atoms with Crippen LogP contribution in [0.15, 0.2) is 0 Å². The maximum Gasteiger partial charge on any atom is 0.305 e. The minimum atomic E-state index is -0.125. The van der Waals surface area contributed by atoms with Gasteiger partial charge in [0.05, 0.1) is 40.9 Å². The Hall–Kier alpha value is -1.10. The second kappa shape index (κ2) is 16.1. The number of rotatable bonds is 17. The van der Waals surface area contributed by atoms with Gasteiger partial charge in [0.2, 0.25) is 0 Å². The Morgan fingerprint density at radius 2 is 1.12 bits per heavy atom. The molecule has 0 amide bonds. The number of esters is 2. The number of nitrogens with zero attached hydrogens (tertiary/aromatic N) is 1. The van der Waals surface area contributed by atoms with E-state index >= 15 is 0 Å². The second-order valence-electron chi connectivity index (χ2n) is 8.07. The number of carbonyl (C=O) groups is 2. The molecular formula is C21H42NO4+. The van der Waals surface area contributed by atoms with Gasteiger partial charge in [0, 0.05) is 12.8 Å². The molecule has 0 heterocycles. The fourth-order valence-corrected chi connectivity index (χ4v) is 2.78. The van der Waals surface area contributed by atoms with Crippen molar-refractivity contribution in [2.45, 2.75) is 84.0 Å². The van der Waals surface area contributed by atoms with Gasteiger partial charge in [-0.3, -0.25) is 9.59 Å². The molecule has 0 atom stereocenters. The second-order valence-corrected chi connectivity index (χ2v) is 8.07. The number of quaternary nitrogens is 1. The van der Waals surface area contributed by atoms with Crippen LogP contribution >= 0.6 is 0 Å². The summed E-state index contributed by atoms with van der Waals surface area (Å²) in [5.41, 5.74) is 0. The van der Waals surface area contributed by atoms with Crippen molar-refractivity contribution in [1.82, 2.24) is 0 Å². The minimum Gasteiger partial charge on any atom is -0.466 e. The Balaban J connectivity index is 3.28. The maximum absolute atomic E-state index is 11.6. The molecule has 0 unspecified atom stereocenters. The van der Waals surface area contributed by atoms with Crippen LogP contribution in [0.25, 0.3) is 0 Å². The largest absolute Gasteiger partial charge is 0.466 e. The Morgan fingerprint density at radius 3 is 1.65 bits per heavy atom. The molecule has 0 aromatic heterocycles. The summed E-state index contributed by atoms with van der Waals surface area (Å²) in [4.78, 5) is 22.8. The maximum atomic E-state index is 11.6. The summed E-state index contributed by atoms with van der Waals surface area (Å²) in [6.07, 6.45) is 11.8. The van der Waals surface area contributed by atoms with Crippen LogP contribution in [0.1, 0.15) is 84.0 Å². The first kappa shape index (κ1) is 24.9. The molecule has 0 aromatic rings. The summed E-state index contributed by atoms with van der Waals surface area (Å²) in [5, 5.41) is 0. The molecule has 0 aliphatic rings. The lowest BCUT2D eigenvalue weighted by molar-refractivity contribution is -0.870. The molecule has 0 aliphatic carbocycles. The van der Waals surface area contributed by atoms with Gasteiger partial charge in [0.1, 0.15) is 0 Å². The number of hydrogen-bond acceptors (Lipinski definition) is 4. The molecule has 5 nitrogen and oxygen atoms in total. The summed E-state index contributed by atoms with van der Waals surface area (Å²) in [6.45, 7) is 4.05. The van der Waals surface area contributed by atoms with E-state index in [9.17, 15) is 9.59 Å². The molecule has 0 aliphatic heterocycles. The van der Waals surface area contributed by atoms with Crippen molar-refractivity contribution < 1.29 is 23.5 Å². The molecule has 0 spiro atoms. The van der Waals surface area contributed by atoms with E-state index in [-0.39, 0.29) is 11.9 Å². The van der Waals surface area contributed by atoms with Crippen LogP contribution in [0.3, 0.4) is 0 Å². The SMILES string of the molecule is CCOC(=O)CCCCCCC(=O)OCCCCCCCC[N+](C)(C)C. The van der Waals surface area contributed by atoms with Crippen molar-refractivity contribution >= 4 is 11.9 Å². The van der Waals surface area contributed by atoms with Crippen LogP contribution in [0.5, 0.6) is 0 Å². The summed E-state index contributed by atoms with van der Waals surface area (Å²) in [5.74, 6) is -0.210. The van der Waals surface area contributed by atoms with E-state index in [0.717, 1.165) is 43.0 Å². The lowest BCUT2D eigenvalue weighted by atomic mass is 10.1. The molecule has 0 bridgehead atoms. The zero-order valence-corrected chi connectivity index (χ0v) is 17.7. The van der Waals surface area contributed by atoms with Gasteiger partial charge in [0.15, 0.2) is 0 Å². The summed E-state index contributed by atoms with van der Waals surface area (Å²) >= 11 is 0. The van der Waals surface area contributed by atoms with E-state index in [1.807, 2.05) is 6.92 Å². The highest BCUT2D eigenvalue weighted by molar-refractivity contribution is 5.69. The predicted octanol–water partition coefficient (Wildman–Crippen LogP) is 4.48. The van der Waals surface area contributed by atoms with Crippen LogP contribution in [-0.2, 0) is 19.1 Å². The van der Waals surface area contributed by atoms with Gasteiger partial charge in [-0.25, -0.2) is 0 Å². The van der Waals surface area contributed by atoms with Gasteiger partial charge in [-0.05, 0) is 39.0 Å². The van der Waals surface area contributed by atoms with Gasteiger partial charge in [-0.1, -0.05) is 32.1 Å². The molecular weight excluding hydrogens is 330 g/mol. The molecule has 0 saturated carbocycles. The molecule has 0 saturated heterocycles. The topological polar surface area (TPSA) is 52.6 Å². The van der Waals surface area contributed by atoms with Gasteiger partial charge in [0.25, 0.3) is 0 Å². The van der Waals surface area contributed by atoms with Gasteiger partial charge >= 0.3 is 11.9 Å². The van der Waals surface area contributed by atoms with Crippen LogP contribution in [0.4, 0.5) is 0 Å². The fraction of sp³-hybridized carbons (Fsp3) is 0.905. The highest BCUT2D eigenvalue weighted by atomic mass is 16.5. The third kappa shape index (κ3) is 19.2. The van der Waals surface area contributed by atoms with Crippen molar-refractivity contribution in [3.8, 4) is 0 Å². The highest BCUT2D eigenvalue weighted by Crippen LogP contribution is 2.09. The Kier molecular flexibility index (Phi) is 15.4. The third-order valence-electron chi connectivity index (χ3n) is 4.30. The van der Waals surface area contributed by atoms with E-state index in [2.05, 4.69) is 21.1 Å². The molecule has 0 radical (unpaired) electrons. The molecule has 154 valence electrons. The lowest BCUT2D eigenvalue weighted by Gasteiger charge is -2.23. The zero-order chi connectivity index (χ0) is 19.7. The van der Waals surface area contributed by atoms with Gasteiger partial charge < -0.3 is 14.0 Å². The normalized spacial score (nSPS) is 11.4. The Morgan fingerprint density at radius 1 is 0.654 bits per heavy atom. The Bertz CT molecular complexity index is 364. The van der Waals surface area contributed by atoms with E-state index in [1.165, 1.54) is 32.2 Å². The molecule has 5 heteroatoms. The lowest BCUT2D eigenvalue weighted by Crippen LogP contribution is -2.35. The standard InChI is InChI=1S/C21H42NO4/c1-5-25-20(23)16-12-8-9-13-17-21(24)26-19-15-11-7-6-10-14-18-22(2,3)4/h5-19H2,1-4H3/q+1. The molecule has 26 heavy (non-hydrogen) atoms. The van der Waals surface area contributed by atoms with Crippen LogP contribution in [-0.4, -0.2) is 57.3 Å². The molecule has 0 aromatic carbocycles. The predicted molar refractivity (Wildman–Crippen MR) is 106 cm³/mol. The monoisotopic (exact) mass is 372 g/mol. The summed E-state index contributed by atoms with van der Waals surface area (Å²) < 4.78 is 11.2. The van der Waals surface area contributed by atoms with Crippen molar-refractivity contribution in [3.05, 3.63) is 0 Å². The quantitative estimate of drug-likeness (QED) is 0.215. The van der Waals surface area contributed by atoms with Crippen molar-refractivity contribution in [3.63, 3.8) is 0 Å². The number of carbonyl (C=O) groups excluding carboxylic acids is 2. The first-order chi connectivity index (χ1) is 12.3. The fourth-order valence-electron chi connectivity index (χ4n) is 2.78. The van der Waals surface area contributed by atoms with Crippen molar-refractivity contribution in [2.24, 2.45) is 0 Å². The zero-order valence-electron chi connectivity index (χ0n) is 17.7. The highest BCUT2D eigenvalue weighted by Gasteiger charge is 2.06. The van der Waals surface area contributed by atoms with Crippen LogP contribution in [0.2, 0.25) is 0 Å². The number of ether oxygens (including phenoxy) is 2. The average molecular weight is 373 g/mol. The molecule has 0 N–H and O–H groups in total. The van der Waals surface area contributed by atoms with Gasteiger partial charge in [-0.15, -0.1) is 0 Å². The first-order valence-electron chi connectivity index (χ1n) is 10.5. The van der Waals surface area contributed by atoms with Crippen LogP contribution in [0, 0.1) is 0 Å². The van der Waals surface area contributed by atoms with E-state index in [1.54, 1.807) is 0 Å². The van der Waals surface area contributed by atoms with Crippen molar-refractivity contribution in [2.75, 3.05) is 40.9 Å². The summed E-state index contributed by atoms with van der Waals surface area (Å²) in [7, 11) is 6.70. The number of unbranched alkanes of at least 4 members (excludes halogenated alkanes) is 8. The smallest absolute Gasteiger partial charge is 0.305 e. The average Bonchev–Trinajstić information content (AvgIpc) is 2.55. The van der Waals surface area contributed by atoms with E-state index < -0.39 is 0 Å². The first-order valence-corrected chi connectivity index (χ1v) is 10.5. The number of hydrogen-bond donors (Lipinski definition) is 0.